The number of halogens is 6. The highest BCUT2D eigenvalue weighted by Crippen LogP contribution is 2.41. The zero-order valence-corrected chi connectivity index (χ0v) is 54.1. The molecule has 0 aliphatic carbocycles. The molecule has 2 atom stereocenters. The molecule has 21 heteroatoms. The molecule has 15 nitrogen and oxygen atoms in total. The summed E-state index contributed by atoms with van der Waals surface area (Å²) in [5.74, 6) is 0.282. The second-order valence-electron chi connectivity index (χ2n) is 23.8. The smallest absolute Gasteiger partial charge is 0.227 e. The summed E-state index contributed by atoms with van der Waals surface area (Å²) in [4.78, 5) is 59.6. The summed E-state index contributed by atoms with van der Waals surface area (Å²) in [7, 11) is 0. The lowest BCUT2D eigenvalue weighted by Crippen LogP contribution is -2.53. The Balaban J connectivity index is 0.000000535. The van der Waals surface area contributed by atoms with Crippen LogP contribution in [0.5, 0.6) is 0 Å². The zero-order chi connectivity index (χ0) is 56.7. The molecule has 4 heterocycles. The quantitative estimate of drug-likeness (QED) is 0.109. The summed E-state index contributed by atoms with van der Waals surface area (Å²) in [5.41, 5.74) is 17.5. The molecule has 4 saturated heterocycles. The molecule has 4 aliphatic heterocycles. The molecule has 0 saturated carbocycles. The van der Waals surface area contributed by atoms with Crippen LogP contribution in [-0.4, -0.2) is 138 Å². The number of primary amides is 2. The Morgan fingerprint density at radius 1 is 0.506 bits per heavy atom. The number of amides is 4. The molecule has 0 radical (unpaired) electrons. The van der Waals surface area contributed by atoms with E-state index in [1.165, 1.54) is 0 Å². The number of carbonyl (C=O) groups is 4. The number of hydrogen-bond acceptors (Lipinski definition) is 8. The van der Waals surface area contributed by atoms with Gasteiger partial charge in [0.2, 0.25) is 23.6 Å². The maximum Gasteiger partial charge on any atom is 0.227 e. The van der Waals surface area contributed by atoms with Crippen LogP contribution in [0.1, 0.15) is 111 Å². The van der Waals surface area contributed by atoms with E-state index in [0.29, 0.717) is 85.2 Å². The van der Waals surface area contributed by atoms with Gasteiger partial charge in [-0.2, -0.15) is 0 Å². The molecule has 0 bridgehead atoms. The highest BCUT2D eigenvalue weighted by Gasteiger charge is 2.44. The van der Waals surface area contributed by atoms with Gasteiger partial charge in [0.25, 0.3) is 0 Å². The number of likely N-dealkylation sites (tertiary alicyclic amines) is 2. The third-order valence-corrected chi connectivity index (χ3v) is 18.9. The molecule has 464 valence electrons. The number of ether oxygens (including phenoxy) is 2. The number of carbonyl (C=O) groups excluding carboxylic acids is 4. The molecular weight excluding hydrogens is 1190 g/mol. The molecule has 0 aromatic heterocycles. The number of nitrogens with two attached hydrogens (primary N) is 2. The number of hydrogen-bond donors (Lipinski definition) is 2. The molecular formula is C62H90Cl6N6O9. The van der Waals surface area contributed by atoms with Gasteiger partial charge in [-0.25, -0.2) is 0 Å². The van der Waals surface area contributed by atoms with Crippen molar-refractivity contribution in [2.24, 2.45) is 34.1 Å². The van der Waals surface area contributed by atoms with E-state index in [1.807, 2.05) is 61.8 Å². The van der Waals surface area contributed by atoms with E-state index in [9.17, 15) is 19.2 Å². The minimum absolute atomic E-state index is 0. The van der Waals surface area contributed by atoms with E-state index in [-0.39, 0.29) is 76.7 Å². The van der Waals surface area contributed by atoms with Crippen molar-refractivity contribution in [3.8, 4) is 0 Å². The lowest BCUT2D eigenvalue weighted by Gasteiger charge is -2.45. The topological polar surface area (TPSA) is 246 Å². The van der Waals surface area contributed by atoms with Crippen molar-refractivity contribution in [2.45, 2.75) is 118 Å². The van der Waals surface area contributed by atoms with Gasteiger partial charge in [0.15, 0.2) is 0 Å². The van der Waals surface area contributed by atoms with Gasteiger partial charge in [-0.15, -0.1) is 24.8 Å². The molecule has 10 N–H and O–H groups in total. The minimum atomic E-state index is -0.687. The largest absolute Gasteiger partial charge is 0.412 e. The van der Waals surface area contributed by atoms with Gasteiger partial charge in [-0.3, -0.25) is 19.2 Å². The zero-order valence-electron chi connectivity index (χ0n) is 49.4. The fraction of sp³-hybridized carbons (Fsp3) is 0.548. The third kappa shape index (κ3) is 19.1. The van der Waals surface area contributed by atoms with Crippen LogP contribution in [0, 0.1) is 50.4 Å². The number of nitrogens with zero attached hydrogens (tertiary/aromatic N) is 4. The van der Waals surface area contributed by atoms with Crippen LogP contribution in [0.4, 0.5) is 0 Å². The fourth-order valence-electron chi connectivity index (χ4n) is 12.2. The first kappa shape index (κ1) is 75.3. The van der Waals surface area contributed by atoms with E-state index < -0.39 is 22.0 Å². The maximum atomic E-state index is 13.5. The van der Waals surface area contributed by atoms with Gasteiger partial charge in [0, 0.05) is 37.0 Å². The van der Waals surface area contributed by atoms with E-state index in [4.69, 9.17) is 67.3 Å². The number of morpholine rings is 2. The molecule has 4 aromatic carbocycles. The van der Waals surface area contributed by atoms with Crippen molar-refractivity contribution in [3.05, 3.63) is 137 Å². The van der Waals surface area contributed by atoms with E-state index in [2.05, 4.69) is 73.9 Å². The normalized spacial score (nSPS) is 20.0. The average molecular weight is 1280 g/mol. The molecule has 4 fully saturated rings. The average Bonchev–Trinajstić information content (AvgIpc) is 3.39. The van der Waals surface area contributed by atoms with Crippen molar-refractivity contribution in [2.75, 3.05) is 78.7 Å². The molecule has 83 heavy (non-hydrogen) atoms. The summed E-state index contributed by atoms with van der Waals surface area (Å²) in [6, 6.07) is 23.9. The lowest BCUT2D eigenvalue weighted by atomic mass is 9.73. The van der Waals surface area contributed by atoms with Crippen molar-refractivity contribution in [1.29, 1.82) is 0 Å². The van der Waals surface area contributed by atoms with Crippen LogP contribution in [0.2, 0.25) is 20.1 Å². The highest BCUT2D eigenvalue weighted by atomic mass is 35.5. The number of benzene rings is 4. The van der Waals surface area contributed by atoms with Crippen molar-refractivity contribution in [3.63, 3.8) is 0 Å². The van der Waals surface area contributed by atoms with Crippen molar-refractivity contribution in [1.82, 2.24) is 19.6 Å². The van der Waals surface area contributed by atoms with E-state index >= 15 is 0 Å². The fourth-order valence-corrected chi connectivity index (χ4v) is 12.8. The summed E-state index contributed by atoms with van der Waals surface area (Å²) >= 11 is 25.4. The first-order chi connectivity index (χ1) is 36.8. The van der Waals surface area contributed by atoms with Gasteiger partial charge in [-0.05, 0) is 151 Å². The Morgan fingerprint density at radius 3 is 1.11 bits per heavy atom. The molecule has 0 spiro atoms. The Hall–Kier alpha value is -3.78. The van der Waals surface area contributed by atoms with Crippen LogP contribution < -0.4 is 11.5 Å². The standard InChI is InChI=1S/2C31H41Cl2N3O3.2ClH.3H2O/c2*1-21-15-22(2)17-23(16-21)18-28(37)36-13-14-39-31(20-36,25-5-6-26(32)27(33)19-25)9-12-35-10-7-24(8-11-35)30(3,4)29(34)38;;;;;/h2*5-6,15-17,19,24H,7-14,18,20H2,1-4H3,(H2,34,38);2*1H;3*1H2. The summed E-state index contributed by atoms with van der Waals surface area (Å²) < 4.78 is 13.1. The molecule has 4 aromatic rings. The van der Waals surface area contributed by atoms with Crippen LogP contribution in [-0.2, 0) is 52.7 Å². The Morgan fingerprint density at radius 2 is 0.819 bits per heavy atom. The van der Waals surface area contributed by atoms with Gasteiger partial charge < -0.3 is 57.0 Å². The Labute approximate surface area is 524 Å². The summed E-state index contributed by atoms with van der Waals surface area (Å²) in [5, 5.41) is 1.94. The van der Waals surface area contributed by atoms with Gasteiger partial charge >= 0.3 is 0 Å². The molecule has 2 unspecified atom stereocenters. The van der Waals surface area contributed by atoms with Gasteiger partial charge in [-0.1, -0.05) is 145 Å². The van der Waals surface area contributed by atoms with Crippen molar-refractivity contribution >= 4 is 94.8 Å². The monoisotopic (exact) mass is 1270 g/mol. The first-order valence-electron chi connectivity index (χ1n) is 27.7. The minimum Gasteiger partial charge on any atom is -0.412 e. The predicted molar refractivity (Wildman–Crippen MR) is 339 cm³/mol. The summed E-state index contributed by atoms with van der Waals surface area (Å²) in [6.45, 7) is 24.2. The molecule has 4 aliphatic rings. The Bertz CT molecular complexity index is 2580. The molecule has 8 rings (SSSR count). The number of piperidine rings is 2. The SMILES string of the molecule is Cc1cc(C)cc(CC(=O)N2CCOC(CCN3CCC(C(C)(C)C(N)=O)CC3)(c3ccc(Cl)c(Cl)c3)C2)c1.Cc1cc(C)cc(CC(=O)N2CCOC(CCN3CCC(C(C)(C)C(N)=O)CC3)(c3ccc(Cl)c(Cl)c3)C2)c1.Cl.Cl.O.O.O. The Kier molecular flexibility index (Phi) is 29.3. The predicted octanol–water partition coefficient (Wildman–Crippen LogP) is 9.41. The highest BCUT2D eigenvalue weighted by molar-refractivity contribution is 6.42. The first-order valence-corrected chi connectivity index (χ1v) is 29.2. The second kappa shape index (κ2) is 32.3. The lowest BCUT2D eigenvalue weighted by molar-refractivity contribution is -0.155. The second-order valence-corrected chi connectivity index (χ2v) is 25.5. The van der Waals surface area contributed by atoms with Gasteiger partial charge in [0.05, 0.1) is 59.2 Å². The van der Waals surface area contributed by atoms with Crippen LogP contribution in [0.15, 0.2) is 72.8 Å². The third-order valence-electron chi connectivity index (χ3n) is 17.4. The van der Waals surface area contributed by atoms with E-state index in [1.54, 1.807) is 12.1 Å². The summed E-state index contributed by atoms with van der Waals surface area (Å²) in [6.07, 6.45) is 5.86. The van der Waals surface area contributed by atoms with Crippen molar-refractivity contribution < 1.29 is 45.1 Å². The van der Waals surface area contributed by atoms with Crippen LogP contribution in [0.3, 0.4) is 0 Å². The number of aryl methyl sites for hydroxylation is 4. The maximum absolute atomic E-state index is 13.5. The van der Waals surface area contributed by atoms with E-state index in [0.717, 1.165) is 109 Å². The molecule has 4 amide bonds. The van der Waals surface area contributed by atoms with Gasteiger partial charge in [0.1, 0.15) is 11.2 Å². The van der Waals surface area contributed by atoms with Crippen LogP contribution >= 0.6 is 71.2 Å². The van der Waals surface area contributed by atoms with Crippen LogP contribution in [0.25, 0.3) is 0 Å². The number of rotatable bonds is 16.